The second-order valence-electron chi connectivity index (χ2n) is 11.7. The van der Waals surface area contributed by atoms with E-state index >= 15 is 4.39 Å². The molecule has 0 spiro atoms. The van der Waals surface area contributed by atoms with Crippen LogP contribution in [-0.2, 0) is 67.8 Å². The number of carbonyl (C=O) groups is 3. The Bertz CT molecular complexity index is 1830. The summed E-state index contributed by atoms with van der Waals surface area (Å²) in [5, 5.41) is 25.8. The molecule has 2 aliphatic heterocycles. The van der Waals surface area contributed by atoms with Crippen LogP contribution in [0.4, 0.5) is 4.39 Å². The Kier molecular flexibility index (Phi) is 12.5. The molecule has 1 aliphatic carbocycles. The van der Waals surface area contributed by atoms with E-state index in [1.807, 2.05) is 4.98 Å². The Morgan fingerprint density at radius 1 is 1.21 bits per heavy atom. The molecular formula is C25H34FN5O18P2S. The predicted molar refractivity (Wildman–Crippen MR) is 167 cm³/mol. The van der Waals surface area contributed by atoms with Crippen LogP contribution in [0.15, 0.2) is 27.0 Å². The summed E-state index contributed by atoms with van der Waals surface area (Å²) in [6.45, 7) is -2.49. The lowest BCUT2D eigenvalue weighted by Crippen LogP contribution is -2.66. The van der Waals surface area contributed by atoms with Crippen LogP contribution >= 0.6 is 14.5 Å². The molecule has 3 aliphatic rings. The van der Waals surface area contributed by atoms with Crippen molar-refractivity contribution in [3.8, 4) is 0 Å². The standard InChI is InChI=1S/C25H34FN5O18P2S/c1-5-24(29-30-27)20(37)14(45-22(24)31-7-6-15(35)28-23(31)38)9-43-51(41,52)49-50(39,40)48-21-17-18(36)19(44-11(3)33)16(13(26)8-42-10(2)32)25(17,47-21)46-12(4)34/h6-7,13-14,16-22,36-37H,5,8-9H2,1-4H3,(H,39,40)(H,41,52)(H,28,35,38)/t13-,14+,16?,17?,18?,19?,20+,21?,22+,24+,25?,51?/m0/s1. The number of esters is 3. The second-order valence-corrected chi connectivity index (χ2v) is 16.1. The zero-order chi connectivity index (χ0) is 39.0. The maximum Gasteiger partial charge on any atom is 0.481 e. The van der Waals surface area contributed by atoms with Crippen LogP contribution in [0.3, 0.4) is 0 Å². The zero-order valence-corrected chi connectivity index (χ0v) is 30.1. The van der Waals surface area contributed by atoms with Gasteiger partial charge in [-0.05, 0) is 23.8 Å². The van der Waals surface area contributed by atoms with Crippen molar-refractivity contribution < 1.29 is 80.4 Å². The zero-order valence-electron chi connectivity index (χ0n) is 27.4. The summed E-state index contributed by atoms with van der Waals surface area (Å²) in [4.78, 5) is 85.2. The minimum Gasteiger partial charge on any atom is -0.463 e. The SMILES string of the molecule is CC[C@@]1(N=[N+]=[N-])[C@H](O)[C@@H](COP(O)(=S)OP(=O)(O)OC2OC3(OC(C)=O)C2C(O)C(OC(C)=O)C3[C@@H](F)COC(C)=O)O[C@H]1n1ccc(=O)[nH]c1=O. The Morgan fingerprint density at radius 2 is 1.88 bits per heavy atom. The van der Waals surface area contributed by atoms with Crippen molar-refractivity contribution in [1.29, 1.82) is 0 Å². The number of H-pyrrole nitrogens is 1. The van der Waals surface area contributed by atoms with Crippen molar-refractivity contribution in [1.82, 2.24) is 9.55 Å². The van der Waals surface area contributed by atoms with Crippen molar-refractivity contribution in [2.45, 2.75) is 88.5 Å². The van der Waals surface area contributed by atoms with E-state index in [1.54, 1.807) is 0 Å². The summed E-state index contributed by atoms with van der Waals surface area (Å²) in [5.41, 5.74) is 5.59. The molecule has 1 saturated carbocycles. The highest BCUT2D eigenvalue weighted by molar-refractivity contribution is 8.08. The average molecular weight is 806 g/mol. The van der Waals surface area contributed by atoms with Crippen LogP contribution in [0.1, 0.15) is 40.3 Å². The van der Waals surface area contributed by atoms with E-state index in [9.17, 15) is 54.1 Å². The van der Waals surface area contributed by atoms with Crippen molar-refractivity contribution in [2.75, 3.05) is 13.2 Å². The smallest absolute Gasteiger partial charge is 0.463 e. The third kappa shape index (κ3) is 8.31. The molecule has 0 bridgehead atoms. The molecular weight excluding hydrogens is 771 g/mol. The third-order valence-corrected chi connectivity index (χ3v) is 11.9. The number of nitrogens with one attached hydrogen (secondary N) is 1. The van der Waals surface area contributed by atoms with Crippen molar-refractivity contribution >= 4 is 44.3 Å². The molecule has 1 aromatic rings. The molecule has 23 nitrogen and oxygen atoms in total. The first-order valence-corrected chi connectivity index (χ1v) is 19.1. The first-order chi connectivity index (χ1) is 24.1. The predicted octanol–water partition coefficient (Wildman–Crippen LogP) is -0.323. The van der Waals surface area contributed by atoms with E-state index in [1.165, 1.54) is 6.92 Å². The van der Waals surface area contributed by atoms with Gasteiger partial charge in [0.1, 0.15) is 42.5 Å². The highest BCUT2D eigenvalue weighted by atomic mass is 32.5. The summed E-state index contributed by atoms with van der Waals surface area (Å²) in [6, 6.07) is 0.958. The molecule has 27 heteroatoms. The number of aromatic amines is 1. The summed E-state index contributed by atoms with van der Waals surface area (Å²) >= 11 is 4.82. The number of phosphoric ester groups is 1. The number of ether oxygens (including phenoxy) is 5. The Morgan fingerprint density at radius 3 is 2.44 bits per heavy atom. The molecule has 8 unspecified atom stereocenters. The molecule has 1 aromatic heterocycles. The molecule has 3 heterocycles. The number of carbonyl (C=O) groups excluding carboxylic acids is 3. The van der Waals surface area contributed by atoms with Crippen LogP contribution in [-0.4, -0.2) is 109 Å². The molecule has 13 atom stereocenters. The van der Waals surface area contributed by atoms with E-state index in [2.05, 4.69) is 19.1 Å². The minimum absolute atomic E-state index is 0.135. The van der Waals surface area contributed by atoms with Gasteiger partial charge in [0.2, 0.25) is 5.79 Å². The van der Waals surface area contributed by atoms with Gasteiger partial charge < -0.3 is 48.2 Å². The van der Waals surface area contributed by atoms with Gasteiger partial charge in [-0.3, -0.25) is 33.3 Å². The number of hydrogen-bond acceptors (Lipinski definition) is 18. The van der Waals surface area contributed by atoms with Crippen molar-refractivity contribution in [3.05, 3.63) is 43.5 Å². The molecule has 0 amide bonds. The monoisotopic (exact) mass is 805 g/mol. The van der Waals surface area contributed by atoms with E-state index in [4.69, 9.17) is 39.8 Å². The number of hydrogen-bond donors (Lipinski definition) is 5. The lowest BCUT2D eigenvalue weighted by atomic mass is 9.86. The molecule has 5 N–H and O–H groups in total. The molecule has 0 radical (unpaired) electrons. The molecule has 290 valence electrons. The maximum absolute atomic E-state index is 15.5. The second kappa shape index (κ2) is 15.7. The summed E-state index contributed by atoms with van der Waals surface area (Å²) in [6.07, 6.45) is -12.2. The largest absolute Gasteiger partial charge is 0.481 e. The number of phosphoric acid groups is 1. The Hall–Kier alpha value is -3.15. The topological polar surface area (TPSA) is 327 Å². The van der Waals surface area contributed by atoms with Crippen molar-refractivity contribution in [2.24, 2.45) is 17.0 Å². The summed E-state index contributed by atoms with van der Waals surface area (Å²) in [7, 11) is -5.61. The van der Waals surface area contributed by atoms with Gasteiger partial charge in [-0.2, -0.15) is 0 Å². The minimum atomic E-state index is -5.61. The van der Waals surface area contributed by atoms with Gasteiger partial charge in [-0.15, -0.1) is 0 Å². The van der Waals surface area contributed by atoms with Crippen molar-refractivity contribution in [3.63, 3.8) is 0 Å². The van der Waals surface area contributed by atoms with Crippen LogP contribution in [0.5, 0.6) is 0 Å². The number of rotatable bonds is 15. The van der Waals surface area contributed by atoms with E-state index in [-0.39, 0.29) is 6.42 Å². The number of alkyl halides is 1. The first-order valence-electron chi connectivity index (χ1n) is 15.0. The highest BCUT2D eigenvalue weighted by Crippen LogP contribution is 2.66. The van der Waals surface area contributed by atoms with E-state index in [0.29, 0.717) is 0 Å². The average Bonchev–Trinajstić information content (AvgIpc) is 3.37. The van der Waals surface area contributed by atoms with Crippen LogP contribution in [0.25, 0.3) is 10.4 Å². The fourth-order valence-electron chi connectivity index (χ4n) is 6.35. The van der Waals surface area contributed by atoms with Gasteiger partial charge in [0, 0.05) is 37.9 Å². The quantitative estimate of drug-likeness (QED) is 0.0378. The van der Waals surface area contributed by atoms with E-state index < -0.39 is 123 Å². The number of halogens is 1. The number of aliphatic hydroxyl groups excluding tert-OH is 2. The lowest BCUT2D eigenvalue weighted by molar-refractivity contribution is -0.425. The lowest BCUT2D eigenvalue weighted by Gasteiger charge is -2.51. The maximum atomic E-state index is 15.5. The molecule has 3 fully saturated rings. The number of aliphatic hydroxyl groups is 2. The third-order valence-electron chi connectivity index (χ3n) is 8.36. The van der Waals surface area contributed by atoms with Gasteiger partial charge in [-0.1, -0.05) is 12.0 Å². The molecule has 2 saturated heterocycles. The molecule has 0 aromatic carbocycles. The number of fused-ring (bicyclic) bond motifs is 1. The van der Waals surface area contributed by atoms with Crippen LogP contribution < -0.4 is 11.2 Å². The van der Waals surface area contributed by atoms with Gasteiger partial charge in [0.25, 0.3) is 5.56 Å². The fraction of sp³-hybridized carbons (Fsp3) is 0.720. The van der Waals surface area contributed by atoms with E-state index in [0.717, 1.165) is 37.6 Å². The highest BCUT2D eigenvalue weighted by Gasteiger charge is 2.78. The number of azide groups is 1. The van der Waals surface area contributed by atoms with Gasteiger partial charge in [-0.25, -0.2) is 18.1 Å². The fourth-order valence-corrected chi connectivity index (χ4v) is 9.45. The first kappa shape index (κ1) is 41.6. The summed E-state index contributed by atoms with van der Waals surface area (Å²) in [5.74, 6) is -9.13. The van der Waals surface area contributed by atoms with Gasteiger partial charge in [0.15, 0.2) is 12.5 Å². The Labute approximate surface area is 296 Å². The normalized spacial score (nSPS) is 35.1. The Balaban J connectivity index is 1.51. The molecule has 52 heavy (non-hydrogen) atoms. The van der Waals surface area contributed by atoms with Crippen LogP contribution in [0.2, 0.25) is 0 Å². The summed E-state index contributed by atoms with van der Waals surface area (Å²) < 4.78 is 70.2. The number of nitrogens with zero attached hydrogens (tertiary/aromatic N) is 4. The number of aromatic nitrogens is 2. The molecule has 4 rings (SSSR count). The van der Waals surface area contributed by atoms with Crippen LogP contribution in [0, 0.1) is 11.8 Å². The van der Waals surface area contributed by atoms with Gasteiger partial charge in [0.05, 0.1) is 18.6 Å². The van der Waals surface area contributed by atoms with Gasteiger partial charge >= 0.3 is 38.1 Å².